The van der Waals surface area contributed by atoms with Gasteiger partial charge in [0.25, 0.3) is 5.56 Å². The third-order valence-electron chi connectivity index (χ3n) is 4.94. The number of aliphatic hydroxyl groups excluding tert-OH is 2. The zero-order valence-corrected chi connectivity index (χ0v) is 14.3. The molecule has 3 rings (SSSR count). The zero-order valence-electron chi connectivity index (χ0n) is 14.3. The highest BCUT2D eigenvalue weighted by Gasteiger charge is 2.48. The Morgan fingerprint density at radius 2 is 2.08 bits per heavy atom. The summed E-state index contributed by atoms with van der Waals surface area (Å²) in [4.78, 5) is 26.0. The molecule has 6 atom stereocenters. The molecule has 2 aliphatic rings. The number of aryl methyl sites for hydroxylation is 1. The van der Waals surface area contributed by atoms with Gasteiger partial charge >= 0.3 is 5.69 Å². The summed E-state index contributed by atoms with van der Waals surface area (Å²) >= 11 is 0. The summed E-state index contributed by atoms with van der Waals surface area (Å²) in [6.45, 7) is 1.16. The maximum Gasteiger partial charge on any atom is 0.330 e. The number of hydrogen-bond donors (Lipinski definition) is 3. The lowest BCUT2D eigenvalue weighted by Gasteiger charge is -2.28. The highest BCUT2D eigenvalue weighted by Crippen LogP contribution is 2.35. The Bertz CT molecular complexity index is 715. The van der Waals surface area contributed by atoms with Crippen LogP contribution in [0.5, 0.6) is 0 Å². The third kappa shape index (κ3) is 3.42. The molecule has 1 aliphatic carbocycles. The largest absolute Gasteiger partial charge is 0.394 e. The first kappa shape index (κ1) is 18.3. The van der Waals surface area contributed by atoms with Crippen LogP contribution < -0.4 is 11.2 Å². The molecule has 9 heteroatoms. The van der Waals surface area contributed by atoms with E-state index in [9.17, 15) is 19.8 Å². The zero-order chi connectivity index (χ0) is 18.1. The van der Waals surface area contributed by atoms with Gasteiger partial charge in [-0.3, -0.25) is 14.3 Å². The van der Waals surface area contributed by atoms with Crippen LogP contribution in [0.2, 0.25) is 0 Å². The van der Waals surface area contributed by atoms with Gasteiger partial charge in [-0.2, -0.15) is 0 Å². The Morgan fingerprint density at radius 1 is 1.36 bits per heavy atom. The smallest absolute Gasteiger partial charge is 0.330 e. The standard InChI is InChI=1S/C16H24N2O7/c1-8-6-18(16(22)17-14(8)21)15-13(12(20)11(7-19)25-15)24-10-5-3-4-9(10)23-2/h6,9-13,15,19-20H,3-5,7H2,1-2H3,(H,17,21,22)/t9-,10-,11-,12?,13?,15-/m1/s1. The van der Waals surface area contributed by atoms with E-state index in [0.717, 1.165) is 19.3 Å². The summed E-state index contributed by atoms with van der Waals surface area (Å²) in [5, 5.41) is 19.9. The topological polar surface area (TPSA) is 123 Å². The fourth-order valence-corrected chi connectivity index (χ4v) is 3.53. The minimum absolute atomic E-state index is 0.0879. The molecule has 2 fully saturated rings. The van der Waals surface area contributed by atoms with E-state index in [1.807, 2.05) is 0 Å². The van der Waals surface area contributed by atoms with E-state index in [0.29, 0.717) is 5.56 Å². The quantitative estimate of drug-likeness (QED) is 0.621. The molecule has 1 saturated heterocycles. The average Bonchev–Trinajstić information content (AvgIpc) is 3.16. The Labute approximate surface area is 144 Å². The Kier molecular flexibility index (Phi) is 5.40. The number of nitrogens with one attached hydrogen (secondary N) is 1. The molecule has 0 radical (unpaired) electrons. The molecule has 9 nitrogen and oxygen atoms in total. The SMILES string of the molecule is CO[C@@H]1CCC[C@H]1OC1C(O)[C@@H](CO)O[C@H]1n1cc(C)c(=O)[nH]c1=O. The van der Waals surface area contributed by atoms with Crippen LogP contribution >= 0.6 is 0 Å². The Morgan fingerprint density at radius 3 is 2.76 bits per heavy atom. The van der Waals surface area contributed by atoms with Gasteiger partial charge in [0.1, 0.15) is 18.3 Å². The van der Waals surface area contributed by atoms with Crippen molar-refractivity contribution in [2.75, 3.05) is 13.7 Å². The van der Waals surface area contributed by atoms with Crippen molar-refractivity contribution < 1.29 is 24.4 Å². The number of hydrogen-bond acceptors (Lipinski definition) is 7. The first-order chi connectivity index (χ1) is 12.0. The van der Waals surface area contributed by atoms with E-state index in [4.69, 9.17) is 14.2 Å². The van der Waals surface area contributed by atoms with Crippen LogP contribution in [0.25, 0.3) is 0 Å². The van der Waals surface area contributed by atoms with Gasteiger partial charge in [-0.1, -0.05) is 0 Å². The summed E-state index contributed by atoms with van der Waals surface area (Å²) in [7, 11) is 1.61. The molecule has 3 N–H and O–H groups in total. The molecule has 25 heavy (non-hydrogen) atoms. The number of aromatic amines is 1. The van der Waals surface area contributed by atoms with Crippen LogP contribution in [0.1, 0.15) is 31.1 Å². The molecular weight excluding hydrogens is 332 g/mol. The number of H-pyrrole nitrogens is 1. The summed E-state index contributed by atoms with van der Waals surface area (Å²) < 4.78 is 18.3. The number of rotatable bonds is 5. The van der Waals surface area contributed by atoms with Crippen LogP contribution in [0.3, 0.4) is 0 Å². The molecule has 1 aliphatic heterocycles. The highest BCUT2D eigenvalue weighted by atomic mass is 16.6. The first-order valence-electron chi connectivity index (χ1n) is 8.41. The van der Waals surface area contributed by atoms with Crippen molar-refractivity contribution in [1.82, 2.24) is 9.55 Å². The number of ether oxygens (including phenoxy) is 3. The number of nitrogens with zero attached hydrogens (tertiary/aromatic N) is 1. The van der Waals surface area contributed by atoms with Crippen molar-refractivity contribution in [2.24, 2.45) is 0 Å². The maximum atomic E-state index is 12.2. The molecule has 1 aromatic heterocycles. The van der Waals surface area contributed by atoms with Crippen molar-refractivity contribution in [3.8, 4) is 0 Å². The second-order valence-electron chi connectivity index (χ2n) is 6.56. The highest BCUT2D eigenvalue weighted by molar-refractivity contribution is 5.03. The van der Waals surface area contributed by atoms with Gasteiger partial charge in [0.05, 0.1) is 18.8 Å². The lowest BCUT2D eigenvalue weighted by molar-refractivity contribution is -0.130. The minimum atomic E-state index is -1.10. The van der Waals surface area contributed by atoms with Crippen molar-refractivity contribution >= 4 is 0 Å². The van der Waals surface area contributed by atoms with Gasteiger partial charge in [0, 0.05) is 18.9 Å². The van der Waals surface area contributed by atoms with Crippen LogP contribution in [0.4, 0.5) is 0 Å². The van der Waals surface area contributed by atoms with Gasteiger partial charge in [-0.25, -0.2) is 4.79 Å². The van der Waals surface area contributed by atoms with Gasteiger partial charge in [0.2, 0.25) is 0 Å². The van der Waals surface area contributed by atoms with E-state index in [-0.39, 0.29) is 12.2 Å². The summed E-state index contributed by atoms with van der Waals surface area (Å²) in [6, 6.07) is 0. The lowest BCUT2D eigenvalue weighted by atomic mass is 10.1. The normalized spacial score (nSPS) is 35.4. The third-order valence-corrected chi connectivity index (χ3v) is 4.94. The first-order valence-corrected chi connectivity index (χ1v) is 8.41. The van der Waals surface area contributed by atoms with E-state index in [1.165, 1.54) is 10.8 Å². The monoisotopic (exact) mass is 356 g/mol. The van der Waals surface area contributed by atoms with Gasteiger partial charge in [-0.15, -0.1) is 0 Å². The van der Waals surface area contributed by atoms with Crippen molar-refractivity contribution in [2.45, 2.75) is 62.9 Å². The maximum absolute atomic E-state index is 12.2. The van der Waals surface area contributed by atoms with E-state index in [1.54, 1.807) is 14.0 Å². The minimum Gasteiger partial charge on any atom is -0.394 e. The van der Waals surface area contributed by atoms with E-state index >= 15 is 0 Å². The fourth-order valence-electron chi connectivity index (χ4n) is 3.53. The predicted molar refractivity (Wildman–Crippen MR) is 86.4 cm³/mol. The van der Waals surface area contributed by atoms with Crippen molar-refractivity contribution in [1.29, 1.82) is 0 Å². The van der Waals surface area contributed by atoms with Crippen LogP contribution in [-0.4, -0.2) is 64.0 Å². The van der Waals surface area contributed by atoms with Crippen LogP contribution in [-0.2, 0) is 14.2 Å². The molecule has 1 aromatic rings. The Hall–Kier alpha value is -1.52. The molecule has 0 spiro atoms. The molecule has 140 valence electrons. The lowest BCUT2D eigenvalue weighted by Crippen LogP contribution is -2.43. The van der Waals surface area contributed by atoms with E-state index in [2.05, 4.69) is 4.98 Å². The number of aliphatic hydroxyl groups is 2. The predicted octanol–water partition coefficient (Wildman–Crippen LogP) is -0.952. The second kappa shape index (κ2) is 7.38. The van der Waals surface area contributed by atoms with E-state index < -0.39 is 42.4 Å². The van der Waals surface area contributed by atoms with Crippen LogP contribution in [0.15, 0.2) is 15.8 Å². The molecule has 0 amide bonds. The molecule has 0 bridgehead atoms. The van der Waals surface area contributed by atoms with Gasteiger partial charge in [0.15, 0.2) is 6.23 Å². The molecule has 1 saturated carbocycles. The molecule has 2 unspecified atom stereocenters. The molecule has 0 aromatic carbocycles. The van der Waals surface area contributed by atoms with Crippen LogP contribution in [0, 0.1) is 6.92 Å². The van der Waals surface area contributed by atoms with Crippen molar-refractivity contribution in [3.63, 3.8) is 0 Å². The fraction of sp³-hybridized carbons (Fsp3) is 0.750. The molecular formula is C16H24N2O7. The summed E-state index contributed by atoms with van der Waals surface area (Å²) in [6.07, 6.45) is -0.162. The Balaban J connectivity index is 1.91. The summed E-state index contributed by atoms with van der Waals surface area (Å²) in [5.74, 6) is 0. The molecule has 2 heterocycles. The average molecular weight is 356 g/mol. The number of aromatic nitrogens is 2. The van der Waals surface area contributed by atoms with Crippen molar-refractivity contribution in [3.05, 3.63) is 32.6 Å². The van der Waals surface area contributed by atoms with Gasteiger partial charge in [-0.05, 0) is 26.2 Å². The second-order valence-corrected chi connectivity index (χ2v) is 6.56. The van der Waals surface area contributed by atoms with Gasteiger partial charge < -0.3 is 24.4 Å². The summed E-state index contributed by atoms with van der Waals surface area (Å²) in [5.41, 5.74) is -0.805. The number of methoxy groups -OCH3 is 1.